The Bertz CT molecular complexity index is 765. The lowest BCUT2D eigenvalue weighted by Crippen LogP contribution is -2.37. The number of Topliss-reactive ketones (excluding diaryl/α,β-unsaturated/α-hetero) is 1. The van der Waals surface area contributed by atoms with Crippen LogP contribution in [0.1, 0.15) is 242 Å². The summed E-state index contributed by atoms with van der Waals surface area (Å²) in [4.78, 5) is 38.4. The van der Waals surface area contributed by atoms with Crippen molar-refractivity contribution in [2.75, 3.05) is 33.3 Å². The fraction of sp³-hybridized carbons (Fsp3) is 0.938. The maximum Gasteiger partial charge on any atom is 0.293 e. The summed E-state index contributed by atoms with van der Waals surface area (Å²) in [6, 6.07) is 0.422. The number of carbonyl (C=O) groups is 3. The van der Waals surface area contributed by atoms with E-state index in [1.807, 2.05) is 20.9 Å². The normalized spacial score (nSPS) is 13.5. The maximum atomic E-state index is 12.8. The first-order valence-electron chi connectivity index (χ1n) is 24.2. The van der Waals surface area contributed by atoms with Crippen LogP contribution in [0.5, 0.6) is 0 Å². The minimum absolute atomic E-state index is 0.325. The predicted molar refractivity (Wildman–Crippen MR) is 244 cm³/mol. The summed E-state index contributed by atoms with van der Waals surface area (Å²) in [5.41, 5.74) is 0. The van der Waals surface area contributed by atoms with Gasteiger partial charge in [0.15, 0.2) is 0 Å². The lowest BCUT2D eigenvalue weighted by atomic mass is 9.61. The van der Waals surface area contributed by atoms with Gasteiger partial charge in [-0.05, 0) is 71.5 Å². The molecule has 1 aliphatic rings. The number of hydrogen-bond acceptors (Lipinski definition) is 5. The number of rotatable bonds is 35. The van der Waals surface area contributed by atoms with E-state index in [2.05, 4.69) is 51.7 Å². The third-order valence-electron chi connectivity index (χ3n) is 10.8. The van der Waals surface area contributed by atoms with E-state index in [-0.39, 0.29) is 0 Å². The summed E-state index contributed by atoms with van der Waals surface area (Å²) in [6.07, 6.45) is 36.3. The van der Waals surface area contributed by atoms with Crippen LogP contribution in [0.25, 0.3) is 0 Å². The van der Waals surface area contributed by atoms with Crippen molar-refractivity contribution in [2.24, 2.45) is 0 Å². The molecule has 0 aliphatic carbocycles. The van der Waals surface area contributed by atoms with Crippen LogP contribution < -0.4 is 0 Å². The zero-order chi connectivity index (χ0) is 41.6. The molecule has 0 saturated carbocycles. The first-order valence-corrected chi connectivity index (χ1v) is 24.2. The van der Waals surface area contributed by atoms with Gasteiger partial charge in [-0.25, -0.2) is 0 Å². The number of hydrogen-bond donors (Lipinski definition) is 0. The third kappa shape index (κ3) is 43.6. The van der Waals surface area contributed by atoms with Crippen molar-refractivity contribution in [3.63, 3.8) is 0 Å². The average Bonchev–Trinajstić information content (AvgIpc) is 3.65. The van der Waals surface area contributed by atoms with E-state index in [4.69, 9.17) is 4.74 Å². The molecule has 327 valence electrons. The van der Waals surface area contributed by atoms with Gasteiger partial charge in [0.05, 0.1) is 6.61 Å². The minimum Gasteiger partial charge on any atom is -0.468 e. The number of carbonyl (C=O) groups excluding carboxylic acids is 3. The number of nitrogens with zero attached hydrogens (tertiary/aromatic N) is 2. The van der Waals surface area contributed by atoms with E-state index in [1.165, 1.54) is 161 Å². The molecule has 7 heteroatoms. The molecule has 1 saturated heterocycles. The average molecular weight is 778 g/mol. The molecule has 1 rings (SSSR count). The summed E-state index contributed by atoms with van der Waals surface area (Å²) in [6.45, 7) is 21.7. The number of unbranched alkanes of at least 4 members (excludes halogenated alkanes) is 18. The number of ether oxygens (including phenoxy) is 1. The van der Waals surface area contributed by atoms with Crippen LogP contribution in [0.4, 0.5) is 0 Å². The molecule has 1 heterocycles. The van der Waals surface area contributed by atoms with Gasteiger partial charge in [0.25, 0.3) is 6.47 Å². The van der Waals surface area contributed by atoms with Crippen molar-refractivity contribution >= 4 is 25.4 Å². The van der Waals surface area contributed by atoms with Crippen molar-refractivity contribution < 1.29 is 19.1 Å². The highest BCUT2D eigenvalue weighted by molar-refractivity contribution is 6.37. The Balaban J connectivity index is -0.000000934. The molecule has 1 amide bonds. The highest BCUT2D eigenvalue weighted by atomic mass is 16.5. The van der Waals surface area contributed by atoms with Gasteiger partial charge in [-0.2, -0.15) is 0 Å². The summed E-state index contributed by atoms with van der Waals surface area (Å²) in [7, 11) is 4.55. The molecule has 0 bridgehead atoms. The van der Waals surface area contributed by atoms with Gasteiger partial charge in [-0.1, -0.05) is 189 Å². The van der Waals surface area contributed by atoms with Gasteiger partial charge < -0.3 is 19.3 Å². The molecular weight excluding hydrogens is 679 g/mol. The fourth-order valence-corrected chi connectivity index (χ4v) is 7.17. The number of amides is 1. The Morgan fingerprint density at radius 3 is 1.67 bits per heavy atom. The van der Waals surface area contributed by atoms with E-state index in [0.717, 1.165) is 50.8 Å². The lowest BCUT2D eigenvalue weighted by Gasteiger charge is -2.29. The molecule has 0 spiro atoms. The van der Waals surface area contributed by atoms with Gasteiger partial charge >= 0.3 is 0 Å². The molecule has 0 N–H and O–H groups in total. The molecule has 0 aromatic heterocycles. The van der Waals surface area contributed by atoms with Crippen LogP contribution in [0.3, 0.4) is 0 Å². The molecule has 1 fully saturated rings. The highest BCUT2D eigenvalue weighted by Crippen LogP contribution is 2.23. The molecule has 1 aliphatic heterocycles. The fourth-order valence-electron chi connectivity index (χ4n) is 7.17. The van der Waals surface area contributed by atoms with Crippen molar-refractivity contribution in [3.05, 3.63) is 0 Å². The topological polar surface area (TPSA) is 66.9 Å². The van der Waals surface area contributed by atoms with Crippen LogP contribution in [-0.2, 0) is 19.1 Å². The Kier molecular flexibility index (Phi) is 51.4. The molecule has 55 heavy (non-hydrogen) atoms. The zero-order valence-electron chi connectivity index (χ0n) is 38.9. The standard InChI is InChI=1S/C27H53NO3.C14H27BNO.C5H12.C2H6/c1-4-6-8-10-13-17-21-26(22-18-14-11-9-7-5-2)28(3)27(30)23-19-15-12-16-20-24-31-25-29;1-3-9-15-14-8-11-16(12-14)10-6-4-5-7-13(2)17;1-3-5-4-2;1-2/h25-26H,4-24H2,1-3H3;14H,3-12H2,1-2H3;3-5H2,1-2H3;1-2H3. The Hall–Kier alpha value is -1.37. The number of ketones is 1. The van der Waals surface area contributed by atoms with E-state index >= 15 is 0 Å². The maximum absolute atomic E-state index is 12.8. The highest BCUT2D eigenvalue weighted by Gasteiger charge is 2.22. The second-order valence-electron chi connectivity index (χ2n) is 16.0. The first-order chi connectivity index (χ1) is 26.8. The quantitative estimate of drug-likeness (QED) is 0.0364. The second kappa shape index (κ2) is 48.8. The SMILES string of the molecule is CC.CCCCC.CCCCCCCCC(CCCCCCCC)N(C)C(=O)CCCCCCCOC=O.CCC[B]C1CCN(CCCCCC(C)=O)C1. The van der Waals surface area contributed by atoms with Gasteiger partial charge in [0.1, 0.15) is 13.1 Å². The zero-order valence-corrected chi connectivity index (χ0v) is 38.9. The van der Waals surface area contributed by atoms with E-state index < -0.39 is 0 Å². The van der Waals surface area contributed by atoms with Crippen molar-refractivity contribution in [3.8, 4) is 0 Å². The predicted octanol–water partition coefficient (Wildman–Crippen LogP) is 14.2. The number of likely N-dealkylation sites (tertiary alicyclic amines) is 1. The van der Waals surface area contributed by atoms with E-state index in [1.54, 1.807) is 6.92 Å². The van der Waals surface area contributed by atoms with Crippen LogP contribution in [0, 0.1) is 0 Å². The Morgan fingerprint density at radius 2 is 1.16 bits per heavy atom. The van der Waals surface area contributed by atoms with Crippen LogP contribution in [0.2, 0.25) is 12.1 Å². The monoisotopic (exact) mass is 778 g/mol. The summed E-state index contributed by atoms with van der Waals surface area (Å²) in [5, 5.41) is 0. The summed E-state index contributed by atoms with van der Waals surface area (Å²) in [5.74, 6) is 1.50. The third-order valence-corrected chi connectivity index (χ3v) is 10.8. The largest absolute Gasteiger partial charge is 0.468 e. The van der Waals surface area contributed by atoms with E-state index in [9.17, 15) is 14.4 Å². The first kappa shape index (κ1) is 58.0. The van der Waals surface area contributed by atoms with Crippen molar-refractivity contribution in [2.45, 2.75) is 260 Å². The molecule has 6 nitrogen and oxygen atoms in total. The Morgan fingerprint density at radius 1 is 0.673 bits per heavy atom. The molecular formula is C48H98BN2O4. The summed E-state index contributed by atoms with van der Waals surface area (Å²) >= 11 is 0. The molecule has 0 aromatic rings. The molecule has 1 atom stereocenters. The molecule has 0 aromatic carbocycles. The van der Waals surface area contributed by atoms with Gasteiger partial charge in [0.2, 0.25) is 5.91 Å². The molecule has 1 radical (unpaired) electrons. The van der Waals surface area contributed by atoms with Crippen LogP contribution in [-0.4, -0.2) is 74.6 Å². The summed E-state index contributed by atoms with van der Waals surface area (Å²) < 4.78 is 4.71. The van der Waals surface area contributed by atoms with Crippen LogP contribution >= 0.6 is 0 Å². The Labute approximate surface area is 346 Å². The van der Waals surface area contributed by atoms with Crippen molar-refractivity contribution in [1.82, 2.24) is 9.80 Å². The van der Waals surface area contributed by atoms with Gasteiger partial charge in [0, 0.05) is 25.9 Å². The smallest absolute Gasteiger partial charge is 0.293 e. The van der Waals surface area contributed by atoms with E-state index in [0.29, 0.717) is 37.2 Å². The molecule has 1 unspecified atom stereocenters. The lowest BCUT2D eigenvalue weighted by molar-refractivity contribution is -0.132. The van der Waals surface area contributed by atoms with Gasteiger partial charge in [-0.15, -0.1) is 0 Å². The van der Waals surface area contributed by atoms with Gasteiger partial charge in [-0.3, -0.25) is 9.59 Å². The minimum atomic E-state index is 0.325. The van der Waals surface area contributed by atoms with Crippen molar-refractivity contribution in [1.29, 1.82) is 0 Å². The second-order valence-corrected chi connectivity index (χ2v) is 16.0. The van der Waals surface area contributed by atoms with Crippen LogP contribution in [0.15, 0.2) is 0 Å².